The van der Waals surface area contributed by atoms with Crippen molar-refractivity contribution in [1.82, 2.24) is 9.78 Å². The third-order valence-electron chi connectivity index (χ3n) is 3.69. The Morgan fingerprint density at radius 2 is 1.85 bits per heavy atom. The zero-order valence-electron chi connectivity index (χ0n) is 14.1. The Labute approximate surface area is 164 Å². The summed E-state index contributed by atoms with van der Waals surface area (Å²) >= 11 is 11.9. The lowest BCUT2D eigenvalue weighted by Crippen LogP contribution is -2.13. The van der Waals surface area contributed by atoms with Gasteiger partial charge in [0.25, 0.3) is 5.69 Å². The number of hydrogen-bond acceptors (Lipinski definition) is 5. The number of carbonyl (C=O) groups excluding carboxylic acids is 1. The van der Waals surface area contributed by atoms with Crippen LogP contribution < -0.4 is 4.74 Å². The van der Waals surface area contributed by atoms with E-state index in [2.05, 4.69) is 5.10 Å². The molecule has 3 rings (SSSR count). The molecule has 0 aliphatic carbocycles. The van der Waals surface area contributed by atoms with Gasteiger partial charge in [0, 0.05) is 18.2 Å². The first-order valence-electron chi connectivity index (χ1n) is 7.78. The lowest BCUT2D eigenvalue weighted by molar-refractivity contribution is -0.384. The number of hydrogen-bond donors (Lipinski definition) is 0. The number of ether oxygens (including phenoxy) is 1. The summed E-state index contributed by atoms with van der Waals surface area (Å²) in [5.74, 6) is -0.387. The van der Waals surface area contributed by atoms with Gasteiger partial charge in [-0.1, -0.05) is 29.3 Å². The number of carbonyl (C=O) groups is 1. The number of aryl methyl sites for hydroxylation is 1. The molecule has 27 heavy (non-hydrogen) atoms. The van der Waals surface area contributed by atoms with Crippen LogP contribution in [0, 0.1) is 17.0 Å². The topological polar surface area (TPSA) is 87.3 Å². The Kier molecular flexibility index (Phi) is 5.43. The highest BCUT2D eigenvalue weighted by Crippen LogP contribution is 2.24. The fourth-order valence-corrected chi connectivity index (χ4v) is 2.72. The van der Waals surface area contributed by atoms with Gasteiger partial charge in [-0.2, -0.15) is 5.10 Å². The Balaban J connectivity index is 1.79. The molecule has 138 valence electrons. The van der Waals surface area contributed by atoms with Gasteiger partial charge in [-0.05, 0) is 36.8 Å². The lowest BCUT2D eigenvalue weighted by atomic mass is 10.2. The molecule has 0 saturated heterocycles. The summed E-state index contributed by atoms with van der Waals surface area (Å²) in [5.41, 5.74) is 1.59. The summed E-state index contributed by atoms with van der Waals surface area (Å²) in [4.78, 5) is 22.5. The fraction of sp³-hybridized carbons (Fsp3) is 0.111. The highest BCUT2D eigenvalue weighted by molar-refractivity contribution is 6.42. The summed E-state index contributed by atoms with van der Waals surface area (Å²) in [6.07, 6.45) is 0. The van der Waals surface area contributed by atoms with E-state index < -0.39 is 10.9 Å². The molecule has 0 aliphatic heterocycles. The first-order chi connectivity index (χ1) is 12.8. The number of aromatic nitrogens is 2. The second-order valence-electron chi connectivity index (χ2n) is 5.72. The Hall–Kier alpha value is -2.90. The Morgan fingerprint density at radius 3 is 2.48 bits per heavy atom. The van der Waals surface area contributed by atoms with E-state index in [1.54, 1.807) is 31.2 Å². The van der Waals surface area contributed by atoms with Gasteiger partial charge in [0.2, 0.25) is 5.88 Å². The highest BCUT2D eigenvalue weighted by atomic mass is 35.5. The van der Waals surface area contributed by atoms with Gasteiger partial charge in [0.05, 0.1) is 32.8 Å². The van der Waals surface area contributed by atoms with Crippen LogP contribution in [0.5, 0.6) is 5.88 Å². The average Bonchev–Trinajstić information content (AvgIpc) is 2.97. The maximum atomic E-state index is 12.3. The van der Waals surface area contributed by atoms with E-state index in [1.165, 1.54) is 28.9 Å². The van der Waals surface area contributed by atoms with E-state index in [-0.39, 0.29) is 17.1 Å². The first-order valence-corrected chi connectivity index (χ1v) is 8.54. The van der Waals surface area contributed by atoms with Crippen molar-refractivity contribution in [2.45, 2.75) is 13.5 Å². The molecule has 0 bridgehead atoms. The summed E-state index contributed by atoms with van der Waals surface area (Å²) < 4.78 is 6.94. The van der Waals surface area contributed by atoms with Crippen LogP contribution in [0.3, 0.4) is 0 Å². The van der Waals surface area contributed by atoms with Crippen LogP contribution in [0.2, 0.25) is 10.0 Å². The summed E-state index contributed by atoms with van der Waals surface area (Å²) in [6.45, 7) is 2.10. The number of nitro groups is 1. The molecule has 0 N–H and O–H groups in total. The van der Waals surface area contributed by atoms with Crippen molar-refractivity contribution in [2.75, 3.05) is 0 Å². The maximum Gasteiger partial charge on any atom is 0.344 e. The minimum Gasteiger partial charge on any atom is -0.404 e. The molecule has 9 heteroatoms. The molecule has 1 heterocycles. The molecule has 1 aromatic heterocycles. The monoisotopic (exact) mass is 405 g/mol. The van der Waals surface area contributed by atoms with Crippen LogP contribution in [0.1, 0.15) is 21.6 Å². The van der Waals surface area contributed by atoms with Crippen molar-refractivity contribution in [3.05, 3.63) is 85.5 Å². The van der Waals surface area contributed by atoms with Gasteiger partial charge in [0.1, 0.15) is 0 Å². The van der Waals surface area contributed by atoms with Gasteiger partial charge < -0.3 is 4.74 Å². The molecule has 0 saturated carbocycles. The minimum atomic E-state index is -0.639. The number of nitro benzene ring substituents is 1. The molecular weight excluding hydrogens is 393 g/mol. The van der Waals surface area contributed by atoms with E-state index in [9.17, 15) is 14.9 Å². The summed E-state index contributed by atoms with van der Waals surface area (Å²) in [5, 5.41) is 15.9. The van der Waals surface area contributed by atoms with Crippen molar-refractivity contribution >= 4 is 34.9 Å². The number of halogens is 2. The highest BCUT2D eigenvalue weighted by Gasteiger charge is 2.15. The molecule has 0 fully saturated rings. The zero-order chi connectivity index (χ0) is 19.6. The molecule has 2 aromatic carbocycles. The normalized spacial score (nSPS) is 10.6. The first kappa shape index (κ1) is 18.9. The molecule has 0 aliphatic rings. The smallest absolute Gasteiger partial charge is 0.344 e. The van der Waals surface area contributed by atoms with Crippen LogP contribution in [-0.4, -0.2) is 20.7 Å². The number of esters is 1. The van der Waals surface area contributed by atoms with Gasteiger partial charge in [0.15, 0.2) is 0 Å². The third-order valence-corrected chi connectivity index (χ3v) is 4.43. The van der Waals surface area contributed by atoms with Crippen LogP contribution in [0.25, 0.3) is 0 Å². The molecule has 0 spiro atoms. The summed E-state index contributed by atoms with van der Waals surface area (Å²) in [7, 11) is 0. The average molecular weight is 406 g/mol. The fourth-order valence-electron chi connectivity index (χ4n) is 2.40. The van der Waals surface area contributed by atoms with Crippen molar-refractivity contribution < 1.29 is 14.5 Å². The number of non-ortho nitro benzene ring substituents is 1. The predicted molar refractivity (Wildman–Crippen MR) is 101 cm³/mol. The standard InChI is InChI=1S/C18H13Cl2N3O4/c1-11-8-17(22(21-11)10-12-2-7-15(19)16(20)9-12)27-18(24)13-3-5-14(6-4-13)23(25)26/h2-9H,10H2,1H3. The van der Waals surface area contributed by atoms with E-state index in [1.807, 2.05) is 0 Å². The van der Waals surface area contributed by atoms with E-state index in [0.717, 1.165) is 5.56 Å². The number of nitrogens with zero attached hydrogens (tertiary/aromatic N) is 3. The van der Waals surface area contributed by atoms with Gasteiger partial charge in [-0.3, -0.25) is 10.1 Å². The largest absolute Gasteiger partial charge is 0.404 e. The third kappa shape index (κ3) is 4.45. The SMILES string of the molecule is Cc1cc(OC(=O)c2ccc([N+](=O)[O-])cc2)n(Cc2ccc(Cl)c(Cl)c2)n1. The van der Waals surface area contributed by atoms with Crippen LogP contribution in [0.15, 0.2) is 48.5 Å². The molecule has 0 radical (unpaired) electrons. The van der Waals surface area contributed by atoms with Crippen molar-refractivity contribution in [2.24, 2.45) is 0 Å². The van der Waals surface area contributed by atoms with Crippen LogP contribution >= 0.6 is 23.2 Å². The van der Waals surface area contributed by atoms with E-state index in [4.69, 9.17) is 27.9 Å². The quantitative estimate of drug-likeness (QED) is 0.349. The molecule has 0 unspecified atom stereocenters. The minimum absolute atomic E-state index is 0.105. The number of rotatable bonds is 5. The van der Waals surface area contributed by atoms with Gasteiger partial charge >= 0.3 is 5.97 Å². The molecule has 0 amide bonds. The maximum absolute atomic E-state index is 12.3. The van der Waals surface area contributed by atoms with E-state index >= 15 is 0 Å². The van der Waals surface area contributed by atoms with Crippen LogP contribution in [-0.2, 0) is 6.54 Å². The molecular formula is C18H13Cl2N3O4. The van der Waals surface area contributed by atoms with Gasteiger partial charge in [-0.25, -0.2) is 9.48 Å². The van der Waals surface area contributed by atoms with Crippen LogP contribution in [0.4, 0.5) is 5.69 Å². The number of benzene rings is 2. The second kappa shape index (κ2) is 7.77. The lowest BCUT2D eigenvalue weighted by Gasteiger charge is -2.09. The summed E-state index contributed by atoms with van der Waals surface area (Å²) in [6, 6.07) is 12.0. The van der Waals surface area contributed by atoms with E-state index in [0.29, 0.717) is 22.3 Å². The Bertz CT molecular complexity index is 1020. The molecule has 7 nitrogen and oxygen atoms in total. The van der Waals surface area contributed by atoms with Gasteiger partial charge in [-0.15, -0.1) is 0 Å². The van der Waals surface area contributed by atoms with Crippen molar-refractivity contribution in [3.8, 4) is 5.88 Å². The Morgan fingerprint density at radius 1 is 1.15 bits per heavy atom. The second-order valence-corrected chi connectivity index (χ2v) is 6.54. The van der Waals surface area contributed by atoms with Crippen molar-refractivity contribution in [3.63, 3.8) is 0 Å². The molecule has 0 atom stereocenters. The zero-order valence-corrected chi connectivity index (χ0v) is 15.6. The van der Waals surface area contributed by atoms with Crippen molar-refractivity contribution in [1.29, 1.82) is 0 Å². The molecule has 3 aromatic rings. The predicted octanol–water partition coefficient (Wildman–Crippen LogP) is 4.67.